The predicted octanol–water partition coefficient (Wildman–Crippen LogP) is 11.7. The van der Waals surface area contributed by atoms with Crippen LogP contribution in [0.1, 0.15) is 78.9 Å². The second-order valence-corrected chi connectivity index (χ2v) is 24.6. The minimum absolute atomic E-state index is 0.0563. The zero-order valence-electron chi connectivity index (χ0n) is 48.5. The number of rotatable bonds is 9. The predicted molar refractivity (Wildman–Crippen MR) is 342 cm³/mol. The van der Waals surface area contributed by atoms with Gasteiger partial charge < -0.3 is 34.5 Å². The molecule has 6 fully saturated rings. The topological polar surface area (TPSA) is 188 Å². The van der Waals surface area contributed by atoms with E-state index in [0.717, 1.165) is 197 Å². The molecule has 19 nitrogen and oxygen atoms in total. The molecular formula is C67H65ClN18O+2. The average molecular weight is 1170 g/mol. The van der Waals surface area contributed by atoms with Crippen LogP contribution < -0.4 is 29.4 Å². The smallest absolute Gasteiger partial charge is 0.383 e. The molecule has 0 atom stereocenters. The molecular weight excluding hydrogens is 1110 g/mol. The Bertz CT molecular complexity index is 4280. The molecule has 0 unspecified atom stereocenters. The van der Waals surface area contributed by atoms with Gasteiger partial charge in [-0.15, -0.1) is 0 Å². The molecule has 6 aliphatic rings. The fourth-order valence-electron chi connectivity index (χ4n) is 13.3. The number of halogens is 1. The number of hydrogen-bond acceptors (Lipinski definition) is 17. The van der Waals surface area contributed by atoms with Gasteiger partial charge in [-0.3, -0.25) is 15.0 Å². The lowest BCUT2D eigenvalue weighted by molar-refractivity contribution is 0.472. The van der Waals surface area contributed by atoms with Gasteiger partial charge in [0.05, 0.1) is 57.1 Å². The average Bonchev–Trinajstić information content (AvgIpc) is 1.19. The van der Waals surface area contributed by atoms with Crippen molar-refractivity contribution in [3.8, 4) is 24.0 Å². The Morgan fingerprint density at radius 3 is 1.53 bits per heavy atom. The zero-order valence-corrected chi connectivity index (χ0v) is 49.3. The summed E-state index contributed by atoms with van der Waals surface area (Å²) in [4.78, 5) is 67.4. The molecule has 1 N–H and O–H groups in total. The molecule has 87 heavy (non-hydrogen) atoms. The number of benzene rings is 3. The Labute approximate surface area is 509 Å². The summed E-state index contributed by atoms with van der Waals surface area (Å²) in [7, 11) is 0. The maximum Gasteiger partial charge on any atom is 0.383 e. The summed E-state index contributed by atoms with van der Waals surface area (Å²) in [6.07, 6.45) is 15.9. The molecule has 3 aromatic carbocycles. The lowest BCUT2D eigenvalue weighted by Crippen LogP contribution is -2.47. The molecule has 15 rings (SSSR count). The molecule has 6 aliphatic heterocycles. The van der Waals surface area contributed by atoms with Crippen molar-refractivity contribution in [2.24, 2.45) is 17.8 Å². The second kappa shape index (κ2) is 23.1. The summed E-state index contributed by atoms with van der Waals surface area (Å²) in [5, 5.41) is 24.5. The van der Waals surface area contributed by atoms with E-state index in [1.54, 1.807) is 24.8 Å². The van der Waals surface area contributed by atoms with E-state index in [2.05, 4.69) is 84.9 Å². The molecule has 20 heteroatoms. The van der Waals surface area contributed by atoms with E-state index in [1.807, 2.05) is 60.9 Å². The number of aryl methyl sites for hydroxylation is 1. The number of anilines is 6. The number of pyridine rings is 3. The van der Waals surface area contributed by atoms with Crippen molar-refractivity contribution >= 4 is 90.6 Å². The van der Waals surface area contributed by atoms with Crippen molar-refractivity contribution in [1.82, 2.24) is 44.9 Å². The van der Waals surface area contributed by atoms with Crippen LogP contribution in [-0.4, -0.2) is 128 Å². The van der Waals surface area contributed by atoms with E-state index in [-0.39, 0.29) is 35.3 Å². The highest BCUT2D eigenvalue weighted by atomic mass is 35.5. The van der Waals surface area contributed by atoms with Crippen molar-refractivity contribution in [3.63, 3.8) is 0 Å². The van der Waals surface area contributed by atoms with Crippen molar-refractivity contribution < 1.29 is 5.11 Å². The summed E-state index contributed by atoms with van der Waals surface area (Å²) in [5.41, 5.74) is 7.95. The van der Waals surface area contributed by atoms with Gasteiger partial charge >= 0.3 is 11.4 Å². The number of phenolic OH excluding ortho intramolecular Hbond substituents is 1. The van der Waals surface area contributed by atoms with Gasteiger partial charge in [0, 0.05) is 168 Å². The van der Waals surface area contributed by atoms with Crippen LogP contribution in [0.25, 0.3) is 42.4 Å². The van der Waals surface area contributed by atoms with E-state index in [9.17, 15) is 10.4 Å². The number of piperidine rings is 3. The molecule has 0 saturated carbocycles. The van der Waals surface area contributed by atoms with Gasteiger partial charge in [0.25, 0.3) is 12.1 Å². The third-order valence-corrected chi connectivity index (χ3v) is 18.8. The maximum absolute atomic E-state index is 11.5. The summed E-state index contributed by atoms with van der Waals surface area (Å²) in [6.45, 7) is 11.7. The lowest BCUT2D eigenvalue weighted by Gasteiger charge is -2.41. The highest BCUT2D eigenvalue weighted by Crippen LogP contribution is 2.42. The van der Waals surface area contributed by atoms with Gasteiger partial charge in [-0.1, -0.05) is 23.2 Å². The first-order chi connectivity index (χ1) is 42.7. The van der Waals surface area contributed by atoms with E-state index in [0.29, 0.717) is 22.1 Å². The Balaban J connectivity index is 0.542. The van der Waals surface area contributed by atoms with Crippen LogP contribution in [0.5, 0.6) is 5.75 Å². The van der Waals surface area contributed by atoms with Gasteiger partial charge in [0.1, 0.15) is 23.0 Å². The van der Waals surface area contributed by atoms with Crippen molar-refractivity contribution in [2.75, 3.05) is 108 Å². The van der Waals surface area contributed by atoms with Gasteiger partial charge in [-0.05, 0) is 110 Å². The highest BCUT2D eigenvalue weighted by molar-refractivity contribution is 6.33. The molecule has 0 spiro atoms. The Morgan fingerprint density at radius 1 is 0.471 bits per heavy atom. The van der Waals surface area contributed by atoms with Crippen LogP contribution in [0.2, 0.25) is 5.02 Å². The first-order valence-electron chi connectivity index (χ1n) is 30.6. The van der Waals surface area contributed by atoms with Gasteiger partial charge in [-0.25, -0.2) is 29.9 Å². The van der Waals surface area contributed by atoms with Crippen LogP contribution in [0.3, 0.4) is 0 Å². The molecule has 9 aromatic rings. The summed E-state index contributed by atoms with van der Waals surface area (Å²) < 4.78 is 0. The van der Waals surface area contributed by atoms with Crippen LogP contribution in [0, 0.1) is 48.1 Å². The number of nitriles is 1. The molecule has 0 bridgehead atoms. The second-order valence-electron chi connectivity index (χ2n) is 24.2. The lowest BCUT2D eigenvalue weighted by atomic mass is 9.94. The first kappa shape index (κ1) is 54.2. The molecule has 12 heterocycles. The van der Waals surface area contributed by atoms with Crippen LogP contribution in [0.15, 0.2) is 116 Å². The fraction of sp³-hybridized carbons (Fsp3) is 0.373. The normalized spacial score (nSPS) is 18.2. The van der Waals surface area contributed by atoms with Gasteiger partial charge in [-0.2, -0.15) is 5.26 Å². The zero-order chi connectivity index (χ0) is 58.5. The Hall–Kier alpha value is -9.51. The summed E-state index contributed by atoms with van der Waals surface area (Å²) in [6, 6.07) is 35.9. The minimum atomic E-state index is 0.0563. The molecule has 6 saturated heterocycles. The molecule has 434 valence electrons. The van der Waals surface area contributed by atoms with E-state index in [1.165, 1.54) is 10.9 Å². The summed E-state index contributed by atoms with van der Waals surface area (Å²) >= 11 is 6.96. The molecule has 0 aliphatic carbocycles. The van der Waals surface area contributed by atoms with Crippen LogP contribution in [0.4, 0.5) is 46.3 Å². The van der Waals surface area contributed by atoms with E-state index in [4.69, 9.17) is 66.1 Å². The minimum Gasteiger partial charge on any atom is -0.500 e. The van der Waals surface area contributed by atoms with Crippen LogP contribution >= 0.6 is 11.6 Å². The van der Waals surface area contributed by atoms with E-state index >= 15 is 0 Å². The molecule has 0 radical (unpaired) electrons. The fourth-order valence-corrected chi connectivity index (χ4v) is 13.6. The monoisotopic (exact) mass is 1170 g/mol. The summed E-state index contributed by atoms with van der Waals surface area (Å²) in [5.74, 6) is 6.58. The largest absolute Gasteiger partial charge is 0.500 e. The number of phenols is 1. The third kappa shape index (κ3) is 10.8. The third-order valence-electron chi connectivity index (χ3n) is 18.5. The highest BCUT2D eigenvalue weighted by Gasteiger charge is 2.39. The maximum atomic E-state index is 11.5. The number of aromatic nitrogens is 9. The van der Waals surface area contributed by atoms with E-state index < -0.39 is 0 Å². The quantitative estimate of drug-likeness (QED) is 0.144. The SMILES string of the molecule is Cc1ccc2nc(N3CC(c4nccnc4N4CCC(C#[N+]c5ccc6cc(Cl)c(N7CC(c8nccnc8N8CCC(C#[N+]c9ccc%10ccc(N%11CC(c%12nccnc%12N%12CCC(C#N)CC%12)C%11)nc%10c9O)CC8)C7)nc6c5)CC4)C3)ccc2c1. The number of fused-ring (bicyclic) bond motifs is 3. The molecule has 6 aromatic heterocycles. The number of hydrogen-bond donors (Lipinski definition) is 1. The van der Waals surface area contributed by atoms with Crippen molar-refractivity contribution in [1.29, 1.82) is 5.26 Å². The van der Waals surface area contributed by atoms with Crippen molar-refractivity contribution in [3.05, 3.63) is 153 Å². The standard InChI is InChI=1S/C67H64ClN18O/c1-42-2-8-54-47(30-42)6-11-57(78-54)84-36-49(37-84)60-66(74-22-19-70-60)82-26-14-44(15-27-82)34-76-52-7-3-48-31-53(68)64(79-56(48)32-52)86-40-51(41-86)62-67(75-23-20-72-62)83-28-16-45(17-29-83)35-77-55-9-4-46-5-10-58(80-59(46)63(55)87)85-38-50(39-85)61-65(73-21-18-71-61)81-24-12-43(33-69)13-25-81/h2-11,18-23,30-32,43-45,49-51H,12-17,24-29,36-41H2,1H3/q+1/p+1. The van der Waals surface area contributed by atoms with Crippen molar-refractivity contribution in [2.45, 2.75) is 63.2 Å². The Kier molecular flexibility index (Phi) is 14.4. The first-order valence-corrected chi connectivity index (χ1v) is 30.9. The number of aromatic hydroxyl groups is 1. The van der Waals surface area contributed by atoms with Gasteiger partial charge in [0.15, 0.2) is 17.5 Å². The van der Waals surface area contributed by atoms with Gasteiger partial charge in [0.2, 0.25) is 5.75 Å². The molecule has 0 amide bonds. The van der Waals surface area contributed by atoms with Crippen LogP contribution in [-0.2, 0) is 0 Å². The number of nitrogens with zero attached hydrogens (tertiary/aromatic N) is 18. The Morgan fingerprint density at radius 2 is 0.954 bits per heavy atom.